The second-order valence-corrected chi connectivity index (χ2v) is 8.59. The van der Waals surface area contributed by atoms with Gasteiger partial charge in [-0.15, -0.1) is 0 Å². The van der Waals surface area contributed by atoms with Gasteiger partial charge in [0.25, 0.3) is 11.1 Å². The summed E-state index contributed by atoms with van der Waals surface area (Å²) in [6, 6.07) is 15.0. The molecule has 8 nitrogen and oxygen atoms in total. The second-order valence-electron chi connectivity index (χ2n) is 7.18. The molecule has 0 saturated carbocycles. The number of hydrogen-bond donors (Lipinski definition) is 0. The van der Waals surface area contributed by atoms with Crippen LogP contribution in [-0.2, 0) is 0 Å². The van der Waals surface area contributed by atoms with Gasteiger partial charge in [0.15, 0.2) is 0 Å². The molecule has 164 valence electrons. The number of ether oxygens (including phenoxy) is 1. The molecule has 0 aliphatic rings. The maximum Gasteiger partial charge on any atom is 0.295 e. The minimum absolute atomic E-state index is 0.166. The highest BCUT2D eigenvalue weighted by molar-refractivity contribution is 7.15. The lowest BCUT2D eigenvalue weighted by molar-refractivity contribution is 0.415. The number of thiazole rings is 1. The molecular weight excluding hydrogens is 462 g/mol. The Morgan fingerprint density at radius 1 is 1.09 bits per heavy atom. The fourth-order valence-corrected chi connectivity index (χ4v) is 4.52. The van der Waals surface area contributed by atoms with Crippen LogP contribution in [0.1, 0.15) is 11.3 Å². The molecular formula is C23H16ClN5O3S. The number of methoxy groups -OCH3 is 1. The van der Waals surface area contributed by atoms with E-state index in [1.165, 1.54) is 6.92 Å². The third-order valence-corrected chi connectivity index (χ3v) is 6.27. The van der Waals surface area contributed by atoms with E-state index in [1.54, 1.807) is 30.0 Å². The van der Waals surface area contributed by atoms with Crippen molar-refractivity contribution in [3.05, 3.63) is 96.2 Å². The first kappa shape index (κ1) is 21.0. The van der Waals surface area contributed by atoms with Gasteiger partial charge in [-0.05, 0) is 43.3 Å². The average molecular weight is 478 g/mol. The van der Waals surface area contributed by atoms with Crippen LogP contribution in [0.4, 0.5) is 0 Å². The maximum atomic E-state index is 12.9. The van der Waals surface area contributed by atoms with Crippen LogP contribution in [0.3, 0.4) is 0 Å². The van der Waals surface area contributed by atoms with Crippen LogP contribution in [0.2, 0.25) is 5.02 Å². The van der Waals surface area contributed by atoms with Crippen molar-refractivity contribution in [2.45, 2.75) is 6.92 Å². The number of aryl methyl sites for hydroxylation is 1. The third-order valence-electron chi connectivity index (χ3n) is 5.02. The summed E-state index contributed by atoms with van der Waals surface area (Å²) in [5, 5.41) is 9.27. The highest BCUT2D eigenvalue weighted by atomic mass is 35.5. The highest BCUT2D eigenvalue weighted by Gasteiger charge is 2.15. The summed E-state index contributed by atoms with van der Waals surface area (Å²) < 4.78 is 8.53. The molecule has 0 unspecified atom stereocenters. The molecule has 5 aromatic rings. The van der Waals surface area contributed by atoms with Gasteiger partial charge in [0, 0.05) is 17.3 Å². The quantitative estimate of drug-likeness (QED) is 0.395. The predicted molar refractivity (Wildman–Crippen MR) is 127 cm³/mol. The van der Waals surface area contributed by atoms with Gasteiger partial charge in [-0.25, -0.2) is 4.68 Å². The topological polar surface area (TPSA) is 91.4 Å². The molecule has 0 radical (unpaired) electrons. The Bertz CT molecular complexity index is 1670. The fourth-order valence-electron chi connectivity index (χ4n) is 3.37. The van der Waals surface area contributed by atoms with Gasteiger partial charge in [0.05, 0.1) is 22.4 Å². The van der Waals surface area contributed by atoms with Gasteiger partial charge in [0.2, 0.25) is 4.96 Å². The summed E-state index contributed by atoms with van der Waals surface area (Å²) in [6.07, 6.45) is 3.56. The molecule has 0 amide bonds. The molecule has 0 bridgehead atoms. The number of fused-ring (bicyclic) bond motifs is 1. The zero-order chi connectivity index (χ0) is 23.1. The molecule has 0 aliphatic heterocycles. The molecule has 0 spiro atoms. The van der Waals surface area contributed by atoms with Crippen molar-refractivity contribution in [3.8, 4) is 22.7 Å². The predicted octanol–water partition coefficient (Wildman–Crippen LogP) is 2.88. The Morgan fingerprint density at radius 3 is 2.61 bits per heavy atom. The minimum atomic E-state index is -0.451. The van der Waals surface area contributed by atoms with E-state index in [-0.39, 0.29) is 16.2 Å². The summed E-state index contributed by atoms with van der Waals surface area (Å²) in [5.41, 5.74) is 2.32. The van der Waals surface area contributed by atoms with Crippen molar-refractivity contribution in [2.75, 3.05) is 7.11 Å². The number of hydrogen-bond acceptors (Lipinski definition) is 7. The number of para-hydroxylation sites is 1. The number of rotatable bonds is 4. The number of aromatic nitrogens is 5. The second kappa shape index (κ2) is 8.27. The van der Waals surface area contributed by atoms with Crippen molar-refractivity contribution < 1.29 is 4.74 Å². The van der Waals surface area contributed by atoms with Crippen LogP contribution < -0.4 is 20.4 Å². The third kappa shape index (κ3) is 3.81. The molecule has 0 aliphatic carbocycles. The Labute approximate surface area is 196 Å². The first-order chi connectivity index (χ1) is 15.9. The van der Waals surface area contributed by atoms with Crippen LogP contribution in [0.15, 0.2) is 64.3 Å². The standard InChI is InChI=1S/C23H16ClN5O3S/c1-13-21(30)25-23-29(26-13)22(31)19(33-23)11-15-12-28(16-6-4-3-5-7-16)27-20(15)14-8-9-18(32-2)17(24)10-14/h3-12H,1-2H3/b19-11-. The molecule has 2 aromatic carbocycles. The van der Waals surface area contributed by atoms with E-state index < -0.39 is 5.56 Å². The van der Waals surface area contributed by atoms with E-state index in [4.69, 9.17) is 21.4 Å². The largest absolute Gasteiger partial charge is 0.495 e. The molecule has 0 saturated heterocycles. The van der Waals surface area contributed by atoms with Crippen LogP contribution in [-0.4, -0.2) is 31.5 Å². The van der Waals surface area contributed by atoms with Gasteiger partial charge < -0.3 is 4.74 Å². The van der Waals surface area contributed by atoms with Gasteiger partial charge in [0.1, 0.15) is 17.1 Å². The highest BCUT2D eigenvalue weighted by Crippen LogP contribution is 2.31. The Balaban J connectivity index is 1.75. The summed E-state index contributed by atoms with van der Waals surface area (Å²) in [4.78, 5) is 29.0. The van der Waals surface area contributed by atoms with Crippen LogP contribution >= 0.6 is 22.9 Å². The molecule has 0 fully saturated rings. The van der Waals surface area contributed by atoms with Crippen LogP contribution in [0, 0.1) is 6.92 Å². The summed E-state index contributed by atoms with van der Waals surface area (Å²) >= 11 is 7.45. The monoisotopic (exact) mass is 477 g/mol. The van der Waals surface area contributed by atoms with Crippen molar-refractivity contribution >= 4 is 34.0 Å². The first-order valence-electron chi connectivity index (χ1n) is 9.86. The molecule has 3 heterocycles. The number of halogens is 1. The Kier molecular flexibility index (Phi) is 5.27. The molecule has 3 aromatic heterocycles. The fraction of sp³-hybridized carbons (Fsp3) is 0.0870. The van der Waals surface area contributed by atoms with E-state index in [1.807, 2.05) is 42.6 Å². The van der Waals surface area contributed by atoms with E-state index in [9.17, 15) is 9.59 Å². The molecule has 0 atom stereocenters. The summed E-state index contributed by atoms with van der Waals surface area (Å²) in [6.45, 7) is 1.53. The van der Waals surface area contributed by atoms with E-state index in [2.05, 4.69) is 10.1 Å². The minimum Gasteiger partial charge on any atom is -0.495 e. The zero-order valence-corrected chi connectivity index (χ0v) is 19.1. The molecule has 5 rings (SSSR count). The van der Waals surface area contributed by atoms with Gasteiger partial charge >= 0.3 is 0 Å². The SMILES string of the molecule is COc1ccc(-c2nn(-c3ccccc3)cc2/C=c2\sc3nc(=O)c(C)nn3c2=O)cc1Cl. The normalized spacial score (nSPS) is 11.9. The van der Waals surface area contributed by atoms with Crippen molar-refractivity contribution in [2.24, 2.45) is 0 Å². The number of benzene rings is 2. The Morgan fingerprint density at radius 2 is 1.88 bits per heavy atom. The molecule has 10 heteroatoms. The first-order valence-corrected chi connectivity index (χ1v) is 11.1. The lowest BCUT2D eigenvalue weighted by atomic mass is 10.1. The lowest BCUT2D eigenvalue weighted by Crippen LogP contribution is -2.27. The number of nitrogens with zero attached hydrogens (tertiary/aromatic N) is 5. The van der Waals surface area contributed by atoms with Crippen LogP contribution in [0.25, 0.3) is 28.0 Å². The zero-order valence-electron chi connectivity index (χ0n) is 17.5. The van der Waals surface area contributed by atoms with Gasteiger partial charge in [-0.3, -0.25) is 9.59 Å². The van der Waals surface area contributed by atoms with Gasteiger partial charge in [-0.2, -0.15) is 19.7 Å². The van der Waals surface area contributed by atoms with Crippen molar-refractivity contribution in [3.63, 3.8) is 0 Å². The van der Waals surface area contributed by atoms with E-state index in [0.29, 0.717) is 26.6 Å². The maximum absolute atomic E-state index is 12.9. The molecule has 0 N–H and O–H groups in total. The average Bonchev–Trinajstić information content (AvgIpc) is 3.36. The van der Waals surface area contributed by atoms with E-state index in [0.717, 1.165) is 27.1 Å². The van der Waals surface area contributed by atoms with Crippen molar-refractivity contribution in [1.82, 2.24) is 24.4 Å². The van der Waals surface area contributed by atoms with Gasteiger partial charge in [-0.1, -0.05) is 41.1 Å². The van der Waals surface area contributed by atoms with Crippen molar-refractivity contribution in [1.29, 1.82) is 0 Å². The lowest BCUT2D eigenvalue weighted by Gasteiger charge is -2.05. The smallest absolute Gasteiger partial charge is 0.295 e. The van der Waals surface area contributed by atoms with Crippen LogP contribution in [0.5, 0.6) is 5.75 Å². The van der Waals surface area contributed by atoms with E-state index >= 15 is 0 Å². The summed E-state index contributed by atoms with van der Waals surface area (Å²) in [5.74, 6) is 0.553. The Hall–Kier alpha value is -3.82. The summed E-state index contributed by atoms with van der Waals surface area (Å²) in [7, 11) is 1.55. The molecule has 33 heavy (non-hydrogen) atoms.